The van der Waals surface area contributed by atoms with Crippen molar-refractivity contribution in [2.24, 2.45) is 5.92 Å². The van der Waals surface area contributed by atoms with Crippen LogP contribution in [0.15, 0.2) is 23.1 Å². The van der Waals surface area contributed by atoms with Crippen molar-refractivity contribution in [2.75, 3.05) is 26.2 Å². The predicted octanol–water partition coefficient (Wildman–Crippen LogP) is 2.63. The molecule has 5 nitrogen and oxygen atoms in total. The molecule has 0 spiro atoms. The van der Waals surface area contributed by atoms with Crippen LogP contribution in [-0.4, -0.2) is 49.7 Å². The standard InChI is InChI=1S/C15H18Cl2N2O3S/c16-12-2-3-13(17)14(10-12)23(21,22)19-8-4-11(5-9-19)15(20)18-6-1-7-18/h2-3,10-11H,1,4-9H2. The third-order valence-corrected chi connectivity index (χ3v) is 7.10. The number of hydrogen-bond donors (Lipinski definition) is 0. The van der Waals surface area contributed by atoms with E-state index in [1.807, 2.05) is 4.90 Å². The molecule has 2 aliphatic heterocycles. The number of sulfonamides is 1. The fourth-order valence-corrected chi connectivity index (χ4v) is 5.16. The first kappa shape index (κ1) is 17.0. The Morgan fingerprint density at radius 2 is 1.74 bits per heavy atom. The summed E-state index contributed by atoms with van der Waals surface area (Å²) < 4.78 is 26.8. The summed E-state index contributed by atoms with van der Waals surface area (Å²) in [7, 11) is -3.68. The molecular weight excluding hydrogens is 359 g/mol. The van der Waals surface area contributed by atoms with E-state index in [1.165, 1.54) is 16.4 Å². The summed E-state index contributed by atoms with van der Waals surface area (Å²) in [4.78, 5) is 14.1. The fourth-order valence-electron chi connectivity index (χ4n) is 2.95. The van der Waals surface area contributed by atoms with Gasteiger partial charge >= 0.3 is 0 Å². The molecule has 0 saturated carbocycles. The molecule has 8 heteroatoms. The Kier molecular flexibility index (Phi) is 4.88. The highest BCUT2D eigenvalue weighted by Gasteiger charge is 2.35. The second kappa shape index (κ2) is 6.59. The number of halogens is 2. The maximum absolute atomic E-state index is 12.7. The molecule has 0 unspecified atom stereocenters. The molecule has 1 aromatic carbocycles. The van der Waals surface area contributed by atoms with Gasteiger partial charge in [-0.1, -0.05) is 23.2 Å². The Labute approximate surface area is 146 Å². The first-order valence-electron chi connectivity index (χ1n) is 7.63. The molecule has 2 saturated heterocycles. The highest BCUT2D eigenvalue weighted by molar-refractivity contribution is 7.89. The van der Waals surface area contributed by atoms with Gasteiger partial charge in [-0.25, -0.2) is 8.42 Å². The number of hydrogen-bond acceptors (Lipinski definition) is 3. The average Bonchev–Trinajstić information content (AvgIpc) is 2.48. The summed E-state index contributed by atoms with van der Waals surface area (Å²) in [6.45, 7) is 2.32. The Bertz CT molecular complexity index is 711. The predicted molar refractivity (Wildman–Crippen MR) is 89.1 cm³/mol. The van der Waals surface area contributed by atoms with Crippen molar-refractivity contribution in [1.82, 2.24) is 9.21 Å². The van der Waals surface area contributed by atoms with Crippen molar-refractivity contribution in [1.29, 1.82) is 0 Å². The second-order valence-electron chi connectivity index (χ2n) is 5.93. The van der Waals surface area contributed by atoms with Crippen molar-refractivity contribution in [3.05, 3.63) is 28.2 Å². The lowest BCUT2D eigenvalue weighted by atomic mass is 9.95. The van der Waals surface area contributed by atoms with Crippen LogP contribution >= 0.6 is 23.2 Å². The molecule has 3 rings (SSSR count). The Morgan fingerprint density at radius 3 is 2.30 bits per heavy atom. The zero-order valence-corrected chi connectivity index (χ0v) is 14.9. The van der Waals surface area contributed by atoms with Crippen LogP contribution in [0.4, 0.5) is 0 Å². The summed E-state index contributed by atoms with van der Waals surface area (Å²) in [5.74, 6) is 0.0886. The molecule has 0 aliphatic carbocycles. The fraction of sp³-hybridized carbons (Fsp3) is 0.533. The number of benzene rings is 1. The second-order valence-corrected chi connectivity index (χ2v) is 8.68. The van der Waals surface area contributed by atoms with Gasteiger partial charge < -0.3 is 4.90 Å². The van der Waals surface area contributed by atoms with E-state index >= 15 is 0 Å². The summed E-state index contributed by atoms with van der Waals surface area (Å²) >= 11 is 11.9. The molecular formula is C15H18Cl2N2O3S. The Morgan fingerprint density at radius 1 is 1.09 bits per heavy atom. The smallest absolute Gasteiger partial charge is 0.244 e. The summed E-state index contributed by atoms with van der Waals surface area (Å²) in [6.07, 6.45) is 2.16. The van der Waals surface area contributed by atoms with Crippen molar-refractivity contribution in [3.63, 3.8) is 0 Å². The number of carbonyl (C=O) groups is 1. The summed E-state index contributed by atoms with van der Waals surface area (Å²) in [5, 5.41) is 0.490. The van der Waals surface area contributed by atoms with E-state index in [-0.39, 0.29) is 21.7 Å². The molecule has 23 heavy (non-hydrogen) atoms. The quantitative estimate of drug-likeness (QED) is 0.814. The van der Waals surface area contributed by atoms with Crippen LogP contribution in [0.5, 0.6) is 0 Å². The van der Waals surface area contributed by atoms with Crippen LogP contribution < -0.4 is 0 Å². The summed E-state index contributed by atoms with van der Waals surface area (Å²) in [6, 6.07) is 4.41. The summed E-state index contributed by atoms with van der Waals surface area (Å²) in [5.41, 5.74) is 0. The van der Waals surface area contributed by atoms with Gasteiger partial charge in [-0.15, -0.1) is 0 Å². The first-order chi connectivity index (χ1) is 10.9. The van der Waals surface area contributed by atoms with Crippen LogP contribution in [0.3, 0.4) is 0 Å². The molecule has 2 aliphatic rings. The number of nitrogens with zero attached hydrogens (tertiary/aromatic N) is 2. The molecule has 126 valence electrons. The monoisotopic (exact) mass is 376 g/mol. The molecule has 2 fully saturated rings. The van der Waals surface area contributed by atoms with E-state index < -0.39 is 10.0 Å². The molecule has 0 atom stereocenters. The van der Waals surface area contributed by atoms with Gasteiger partial charge in [-0.2, -0.15) is 4.31 Å². The lowest BCUT2D eigenvalue weighted by molar-refractivity contribution is -0.140. The molecule has 0 bridgehead atoms. The Balaban J connectivity index is 1.71. The van der Waals surface area contributed by atoms with Gasteiger partial charge in [0.2, 0.25) is 15.9 Å². The average molecular weight is 377 g/mol. The third kappa shape index (κ3) is 3.36. The lowest BCUT2D eigenvalue weighted by Gasteiger charge is -2.37. The van der Waals surface area contributed by atoms with Crippen LogP contribution in [0, 0.1) is 5.92 Å². The van der Waals surface area contributed by atoms with Gasteiger partial charge in [-0.3, -0.25) is 4.79 Å². The highest BCUT2D eigenvalue weighted by Crippen LogP contribution is 2.31. The largest absolute Gasteiger partial charge is 0.342 e. The highest BCUT2D eigenvalue weighted by atomic mass is 35.5. The van der Waals surface area contributed by atoms with Crippen molar-refractivity contribution >= 4 is 39.1 Å². The topological polar surface area (TPSA) is 57.7 Å². The maximum atomic E-state index is 12.7. The number of piperidine rings is 1. The van der Waals surface area contributed by atoms with Crippen LogP contribution in [-0.2, 0) is 14.8 Å². The van der Waals surface area contributed by atoms with Crippen molar-refractivity contribution < 1.29 is 13.2 Å². The normalized spacial score (nSPS) is 20.3. The number of rotatable bonds is 3. The van der Waals surface area contributed by atoms with Gasteiger partial charge in [-0.05, 0) is 37.5 Å². The number of carbonyl (C=O) groups excluding carboxylic acids is 1. The molecule has 2 heterocycles. The first-order valence-corrected chi connectivity index (χ1v) is 9.83. The SMILES string of the molecule is O=C(C1CCN(S(=O)(=O)c2cc(Cl)ccc2Cl)CC1)N1CCC1. The minimum Gasteiger partial charge on any atom is -0.342 e. The van der Waals surface area contributed by atoms with E-state index in [0.717, 1.165) is 19.5 Å². The van der Waals surface area contributed by atoms with E-state index in [2.05, 4.69) is 0 Å². The van der Waals surface area contributed by atoms with E-state index in [1.54, 1.807) is 6.07 Å². The molecule has 0 N–H and O–H groups in total. The molecule has 1 amide bonds. The van der Waals surface area contributed by atoms with Crippen LogP contribution in [0.2, 0.25) is 10.0 Å². The third-order valence-electron chi connectivity index (χ3n) is 4.48. The molecule has 1 aromatic rings. The minimum absolute atomic E-state index is 0.0270. The van der Waals surface area contributed by atoms with Gasteiger partial charge in [0.1, 0.15) is 4.90 Å². The Hall–Kier alpha value is -0.820. The van der Waals surface area contributed by atoms with E-state index in [9.17, 15) is 13.2 Å². The van der Waals surface area contributed by atoms with Gasteiger partial charge in [0.15, 0.2) is 0 Å². The maximum Gasteiger partial charge on any atom is 0.244 e. The molecule has 0 aromatic heterocycles. The number of likely N-dealkylation sites (tertiary alicyclic amines) is 1. The zero-order valence-electron chi connectivity index (χ0n) is 12.5. The van der Waals surface area contributed by atoms with E-state index in [4.69, 9.17) is 23.2 Å². The molecule has 0 radical (unpaired) electrons. The van der Waals surface area contributed by atoms with Crippen LogP contribution in [0.25, 0.3) is 0 Å². The van der Waals surface area contributed by atoms with E-state index in [0.29, 0.717) is 31.0 Å². The van der Waals surface area contributed by atoms with Crippen LogP contribution in [0.1, 0.15) is 19.3 Å². The van der Waals surface area contributed by atoms with Gasteiger partial charge in [0.05, 0.1) is 5.02 Å². The van der Waals surface area contributed by atoms with Gasteiger partial charge in [0.25, 0.3) is 0 Å². The minimum atomic E-state index is -3.68. The lowest BCUT2D eigenvalue weighted by Crippen LogP contribution is -2.48. The zero-order chi connectivity index (χ0) is 16.6. The van der Waals surface area contributed by atoms with Gasteiger partial charge in [0, 0.05) is 37.1 Å². The number of amides is 1. The van der Waals surface area contributed by atoms with Crippen molar-refractivity contribution in [3.8, 4) is 0 Å². The van der Waals surface area contributed by atoms with Crippen molar-refractivity contribution in [2.45, 2.75) is 24.2 Å².